The number of hydrogen-bond acceptors (Lipinski definition) is 6. The topological polar surface area (TPSA) is 78.9 Å². The average molecular weight is 777 g/mol. The Bertz CT molecular complexity index is 1170. The molecule has 56 heavy (non-hydrogen) atoms. The third-order valence-electron chi connectivity index (χ3n) is 8.91. The van der Waals surface area contributed by atoms with Crippen molar-refractivity contribution in [1.82, 2.24) is 0 Å². The molecule has 0 rings (SSSR count). The van der Waals surface area contributed by atoms with E-state index in [1.165, 1.54) is 38.5 Å². The monoisotopic (exact) mass is 777 g/mol. The van der Waals surface area contributed by atoms with E-state index in [9.17, 15) is 14.4 Å². The van der Waals surface area contributed by atoms with Crippen LogP contribution in [0.3, 0.4) is 0 Å². The lowest BCUT2D eigenvalue weighted by Crippen LogP contribution is -2.30. The number of carbonyl (C=O) groups is 3. The fourth-order valence-corrected chi connectivity index (χ4v) is 5.60. The van der Waals surface area contributed by atoms with Gasteiger partial charge in [0.2, 0.25) is 0 Å². The zero-order valence-electron chi connectivity index (χ0n) is 35.9. The third kappa shape index (κ3) is 41.5. The Labute approximate surface area is 343 Å². The molecule has 0 aliphatic heterocycles. The number of rotatable bonds is 38. The van der Waals surface area contributed by atoms with Crippen LogP contribution in [-0.4, -0.2) is 37.2 Å². The van der Waals surface area contributed by atoms with Crippen molar-refractivity contribution >= 4 is 17.9 Å². The normalized spacial score (nSPS) is 13.0. The number of carbonyl (C=O) groups excluding carboxylic acids is 3. The minimum atomic E-state index is -0.828. The SMILES string of the molecule is CC\C=C/C=C\C=C/C=C\CCCCCC(=O)OCC(COC(=O)CCCCCCC/C=C\C/C=C\CC)OC(=O)CC/C=C\C/C=C\CCCCCCCC. The molecule has 0 N–H and O–H groups in total. The Balaban J connectivity index is 4.57. The molecule has 0 aromatic rings. The van der Waals surface area contributed by atoms with Crippen LogP contribution in [0.4, 0.5) is 0 Å². The second-order valence-electron chi connectivity index (χ2n) is 14.3. The van der Waals surface area contributed by atoms with Gasteiger partial charge in [0.25, 0.3) is 0 Å². The molecule has 6 nitrogen and oxygen atoms in total. The first-order valence-corrected chi connectivity index (χ1v) is 22.3. The van der Waals surface area contributed by atoms with E-state index in [1.807, 2.05) is 42.5 Å². The van der Waals surface area contributed by atoms with Crippen molar-refractivity contribution in [1.29, 1.82) is 0 Å². The number of unbranched alkanes of at least 4 members (excludes halogenated alkanes) is 14. The molecular formula is C50H80O6. The van der Waals surface area contributed by atoms with E-state index in [4.69, 9.17) is 14.2 Å². The lowest BCUT2D eigenvalue weighted by Gasteiger charge is -2.18. The maximum absolute atomic E-state index is 12.7. The maximum Gasteiger partial charge on any atom is 0.306 e. The van der Waals surface area contributed by atoms with Crippen LogP contribution in [0.2, 0.25) is 0 Å². The van der Waals surface area contributed by atoms with Crippen molar-refractivity contribution in [2.45, 2.75) is 187 Å². The average Bonchev–Trinajstić information content (AvgIpc) is 3.19. The van der Waals surface area contributed by atoms with Crippen LogP contribution in [0.15, 0.2) is 97.2 Å². The predicted octanol–water partition coefficient (Wildman–Crippen LogP) is 14.2. The molecule has 0 bridgehead atoms. The minimum Gasteiger partial charge on any atom is -0.462 e. The van der Waals surface area contributed by atoms with Gasteiger partial charge in [-0.1, -0.05) is 176 Å². The number of ether oxygens (including phenoxy) is 3. The zero-order valence-corrected chi connectivity index (χ0v) is 35.9. The largest absolute Gasteiger partial charge is 0.462 e. The molecule has 0 amide bonds. The zero-order chi connectivity index (χ0) is 40.8. The smallest absolute Gasteiger partial charge is 0.306 e. The van der Waals surface area contributed by atoms with Gasteiger partial charge in [-0.2, -0.15) is 0 Å². The van der Waals surface area contributed by atoms with Gasteiger partial charge in [0, 0.05) is 19.3 Å². The molecule has 0 aromatic carbocycles. The van der Waals surface area contributed by atoms with Gasteiger partial charge in [-0.3, -0.25) is 14.4 Å². The highest BCUT2D eigenvalue weighted by molar-refractivity contribution is 5.71. The maximum atomic E-state index is 12.7. The second-order valence-corrected chi connectivity index (χ2v) is 14.3. The number of esters is 3. The highest BCUT2D eigenvalue weighted by Crippen LogP contribution is 2.11. The van der Waals surface area contributed by atoms with E-state index in [-0.39, 0.29) is 31.6 Å². The van der Waals surface area contributed by atoms with Gasteiger partial charge in [0.05, 0.1) is 0 Å². The van der Waals surface area contributed by atoms with Crippen molar-refractivity contribution in [2.24, 2.45) is 0 Å². The summed E-state index contributed by atoms with van der Waals surface area (Å²) in [5.41, 5.74) is 0. The Morgan fingerprint density at radius 2 is 0.821 bits per heavy atom. The van der Waals surface area contributed by atoms with Crippen LogP contribution in [-0.2, 0) is 28.6 Å². The van der Waals surface area contributed by atoms with E-state index in [0.717, 1.165) is 96.3 Å². The summed E-state index contributed by atoms with van der Waals surface area (Å²) in [7, 11) is 0. The van der Waals surface area contributed by atoms with E-state index < -0.39 is 12.1 Å². The highest BCUT2D eigenvalue weighted by Gasteiger charge is 2.19. The molecule has 0 heterocycles. The number of hydrogen-bond donors (Lipinski definition) is 0. The fraction of sp³-hybridized carbons (Fsp3) is 0.620. The van der Waals surface area contributed by atoms with E-state index in [0.29, 0.717) is 19.3 Å². The quantitative estimate of drug-likeness (QED) is 0.0204. The fourth-order valence-electron chi connectivity index (χ4n) is 5.60. The predicted molar refractivity (Wildman–Crippen MR) is 237 cm³/mol. The Morgan fingerprint density at radius 1 is 0.393 bits per heavy atom. The summed E-state index contributed by atoms with van der Waals surface area (Å²) in [6.07, 6.45) is 56.9. The first kappa shape index (κ1) is 52.3. The Kier molecular flexibility index (Phi) is 41.2. The van der Waals surface area contributed by atoms with Crippen molar-refractivity contribution in [2.75, 3.05) is 13.2 Å². The van der Waals surface area contributed by atoms with Gasteiger partial charge < -0.3 is 14.2 Å². The van der Waals surface area contributed by atoms with Crippen LogP contribution in [0.5, 0.6) is 0 Å². The molecule has 1 atom stereocenters. The molecule has 0 spiro atoms. The number of allylic oxidation sites excluding steroid dienone is 16. The molecule has 316 valence electrons. The molecule has 0 aromatic heterocycles. The molecule has 0 radical (unpaired) electrons. The van der Waals surface area contributed by atoms with E-state index in [2.05, 4.69) is 75.5 Å². The Morgan fingerprint density at radius 3 is 1.38 bits per heavy atom. The molecular weight excluding hydrogens is 697 g/mol. The lowest BCUT2D eigenvalue weighted by molar-refractivity contribution is -0.166. The van der Waals surface area contributed by atoms with Gasteiger partial charge in [0.1, 0.15) is 13.2 Å². The standard InChI is InChI=1S/C50H80O6/c1-4-7-10-13-16-19-22-25-28-31-34-37-40-43-49(52)55-46-47(45-54-48(51)42-39-36-33-30-27-24-21-18-15-12-9-6-3)56-50(53)44-41-38-35-32-29-26-23-20-17-14-11-8-5-2/h7,9-10,12-13,16,18-19,21-22,25-26,28-29,35,38,47H,4-6,8,11,14-15,17,20,23-24,27,30-34,36-37,39-46H2,1-3H3/b10-7-,12-9-,16-13-,21-18-,22-19-,28-25-,29-26-,38-35-. The van der Waals surface area contributed by atoms with Crippen LogP contribution in [0.25, 0.3) is 0 Å². The lowest BCUT2D eigenvalue weighted by atomic mass is 10.1. The van der Waals surface area contributed by atoms with Crippen LogP contribution >= 0.6 is 0 Å². The first-order valence-electron chi connectivity index (χ1n) is 22.3. The highest BCUT2D eigenvalue weighted by atomic mass is 16.6. The van der Waals surface area contributed by atoms with Gasteiger partial charge >= 0.3 is 17.9 Å². The molecule has 0 aliphatic carbocycles. The molecule has 6 heteroatoms. The van der Waals surface area contributed by atoms with Gasteiger partial charge in [-0.25, -0.2) is 0 Å². The second kappa shape index (κ2) is 44.0. The van der Waals surface area contributed by atoms with Crippen molar-refractivity contribution < 1.29 is 28.6 Å². The first-order chi connectivity index (χ1) is 27.5. The third-order valence-corrected chi connectivity index (χ3v) is 8.91. The molecule has 0 aliphatic rings. The van der Waals surface area contributed by atoms with Crippen LogP contribution in [0.1, 0.15) is 181 Å². The summed E-state index contributed by atoms with van der Waals surface area (Å²) < 4.78 is 16.6. The van der Waals surface area contributed by atoms with E-state index >= 15 is 0 Å². The van der Waals surface area contributed by atoms with Crippen molar-refractivity contribution in [3.05, 3.63) is 97.2 Å². The summed E-state index contributed by atoms with van der Waals surface area (Å²) in [5, 5.41) is 0. The summed E-state index contributed by atoms with van der Waals surface area (Å²) in [6.45, 7) is 6.24. The van der Waals surface area contributed by atoms with Gasteiger partial charge in [0.15, 0.2) is 6.10 Å². The molecule has 0 saturated carbocycles. The summed E-state index contributed by atoms with van der Waals surface area (Å²) >= 11 is 0. The molecule has 1 unspecified atom stereocenters. The van der Waals surface area contributed by atoms with Crippen molar-refractivity contribution in [3.63, 3.8) is 0 Å². The minimum absolute atomic E-state index is 0.122. The van der Waals surface area contributed by atoms with Crippen LogP contribution in [0, 0.1) is 0 Å². The molecule has 0 fully saturated rings. The Hall–Kier alpha value is -3.67. The summed E-state index contributed by atoms with van der Waals surface area (Å²) in [4.78, 5) is 37.7. The summed E-state index contributed by atoms with van der Waals surface area (Å²) in [5.74, 6) is -1.06. The van der Waals surface area contributed by atoms with E-state index in [1.54, 1.807) is 0 Å². The molecule has 0 saturated heterocycles. The summed E-state index contributed by atoms with van der Waals surface area (Å²) in [6, 6.07) is 0. The van der Waals surface area contributed by atoms with Gasteiger partial charge in [-0.05, 0) is 83.5 Å². The van der Waals surface area contributed by atoms with Gasteiger partial charge in [-0.15, -0.1) is 0 Å². The van der Waals surface area contributed by atoms with Crippen molar-refractivity contribution in [3.8, 4) is 0 Å². The van der Waals surface area contributed by atoms with Crippen LogP contribution < -0.4 is 0 Å².